The molecule has 0 bridgehead atoms. The number of aromatic nitrogens is 3. The topological polar surface area (TPSA) is 60.1 Å². The average Bonchev–Trinajstić information content (AvgIpc) is 3.25. The Morgan fingerprint density at radius 1 is 1.12 bits per heavy atom. The highest BCUT2D eigenvalue weighted by Crippen LogP contribution is 2.36. The van der Waals surface area contributed by atoms with E-state index in [0.717, 1.165) is 32.4 Å². The van der Waals surface area contributed by atoms with Crippen molar-refractivity contribution in [2.75, 3.05) is 13.1 Å². The van der Waals surface area contributed by atoms with E-state index in [1.165, 1.54) is 4.68 Å². The van der Waals surface area contributed by atoms with Crippen LogP contribution in [0.2, 0.25) is 0 Å². The van der Waals surface area contributed by atoms with Gasteiger partial charge >= 0.3 is 5.69 Å². The first-order valence-corrected chi connectivity index (χ1v) is 9.79. The summed E-state index contributed by atoms with van der Waals surface area (Å²) < 4.78 is 29.7. The minimum atomic E-state index is -2.57. The number of halogens is 2. The molecule has 0 spiro atoms. The highest BCUT2D eigenvalue weighted by Gasteiger charge is 2.37. The quantitative estimate of drug-likeness (QED) is 0.823. The van der Waals surface area contributed by atoms with Crippen LogP contribution >= 0.6 is 0 Å². The van der Waals surface area contributed by atoms with E-state index in [1.54, 1.807) is 4.57 Å². The fourth-order valence-corrected chi connectivity index (χ4v) is 4.56. The molecule has 6 nitrogen and oxygen atoms in total. The van der Waals surface area contributed by atoms with E-state index < -0.39 is 12.0 Å². The van der Waals surface area contributed by atoms with E-state index in [4.69, 9.17) is 0 Å². The van der Waals surface area contributed by atoms with Gasteiger partial charge in [0, 0.05) is 38.9 Å². The minimum absolute atomic E-state index is 0.0300. The molecule has 0 radical (unpaired) electrons. The van der Waals surface area contributed by atoms with Gasteiger partial charge in [-0.3, -0.25) is 9.36 Å². The van der Waals surface area contributed by atoms with Crippen LogP contribution in [-0.2, 0) is 17.8 Å². The Morgan fingerprint density at radius 2 is 1.81 bits per heavy atom. The number of hydrogen-bond donors (Lipinski definition) is 0. The van der Waals surface area contributed by atoms with Gasteiger partial charge in [-0.25, -0.2) is 18.3 Å². The van der Waals surface area contributed by atoms with E-state index in [9.17, 15) is 18.4 Å². The lowest BCUT2D eigenvalue weighted by Crippen LogP contribution is -2.41. The van der Waals surface area contributed by atoms with E-state index in [0.29, 0.717) is 38.1 Å². The molecule has 0 aromatic carbocycles. The molecule has 0 N–H and O–H groups in total. The molecule has 1 atom stereocenters. The molecular formula is C18H26F2N4O2. The lowest BCUT2D eigenvalue weighted by atomic mass is 9.87. The molecule has 3 aliphatic rings. The van der Waals surface area contributed by atoms with Crippen LogP contribution in [0.15, 0.2) is 4.79 Å². The zero-order valence-corrected chi connectivity index (χ0v) is 15.0. The van der Waals surface area contributed by atoms with Gasteiger partial charge in [-0.15, -0.1) is 0 Å². The highest BCUT2D eigenvalue weighted by molar-refractivity contribution is 5.80. The normalized spacial score (nSPS) is 26.1. The molecule has 26 heavy (non-hydrogen) atoms. The van der Waals surface area contributed by atoms with Crippen LogP contribution in [0.4, 0.5) is 8.78 Å². The Labute approximate surface area is 151 Å². The summed E-state index contributed by atoms with van der Waals surface area (Å²) >= 11 is 0. The van der Waals surface area contributed by atoms with Crippen molar-refractivity contribution in [2.45, 2.75) is 76.3 Å². The Kier molecular flexibility index (Phi) is 4.61. The van der Waals surface area contributed by atoms with Crippen molar-refractivity contribution >= 4 is 5.91 Å². The fourth-order valence-electron chi connectivity index (χ4n) is 4.56. The minimum Gasteiger partial charge on any atom is -0.341 e. The predicted octanol–water partition coefficient (Wildman–Crippen LogP) is 2.37. The number of hydrogen-bond acceptors (Lipinski definition) is 3. The Balaban J connectivity index is 1.53. The van der Waals surface area contributed by atoms with Crippen molar-refractivity contribution < 1.29 is 13.6 Å². The molecule has 2 fully saturated rings. The van der Waals surface area contributed by atoms with Crippen molar-refractivity contribution in [3.05, 3.63) is 16.3 Å². The summed E-state index contributed by atoms with van der Waals surface area (Å²) in [5.74, 6) is -1.82. The Bertz CT molecular complexity index is 726. The fraction of sp³-hybridized carbons (Fsp3) is 0.833. The van der Waals surface area contributed by atoms with Gasteiger partial charge < -0.3 is 4.90 Å². The maximum absolute atomic E-state index is 13.3. The zero-order valence-electron chi connectivity index (χ0n) is 15.0. The molecule has 1 aromatic rings. The summed E-state index contributed by atoms with van der Waals surface area (Å²) in [4.78, 5) is 27.6. The van der Waals surface area contributed by atoms with Crippen LogP contribution in [0.5, 0.6) is 0 Å². The summed E-state index contributed by atoms with van der Waals surface area (Å²) in [6.45, 7) is 1.91. The van der Waals surface area contributed by atoms with Crippen LogP contribution < -0.4 is 5.69 Å². The number of carbonyl (C=O) groups is 1. The van der Waals surface area contributed by atoms with E-state index in [1.807, 2.05) is 4.90 Å². The third-order valence-corrected chi connectivity index (χ3v) is 6.10. The van der Waals surface area contributed by atoms with Gasteiger partial charge in [0.05, 0.1) is 0 Å². The monoisotopic (exact) mass is 368 g/mol. The standard InChI is InChI=1S/C18H26F2N4O2/c19-18(20)8-6-13(7-9-18)12-23-17(26)24-14(4-3-5-15(24)21-23)16(25)22-10-1-2-11-22/h13-14H,1-12H2/t14-/m1/s1. The third kappa shape index (κ3) is 3.30. The average molecular weight is 368 g/mol. The number of carbonyl (C=O) groups excluding carboxylic acids is 1. The third-order valence-electron chi connectivity index (χ3n) is 6.10. The number of nitrogens with zero attached hydrogens (tertiary/aromatic N) is 4. The second-order valence-electron chi connectivity index (χ2n) is 7.99. The smallest absolute Gasteiger partial charge is 0.341 e. The molecular weight excluding hydrogens is 342 g/mol. The van der Waals surface area contributed by atoms with Crippen LogP contribution in [0.1, 0.15) is 63.2 Å². The van der Waals surface area contributed by atoms with Crippen LogP contribution in [0.3, 0.4) is 0 Å². The van der Waals surface area contributed by atoms with Gasteiger partial charge in [-0.1, -0.05) is 0 Å². The van der Waals surface area contributed by atoms with Gasteiger partial charge in [0.15, 0.2) is 0 Å². The maximum Gasteiger partial charge on any atom is 0.346 e. The molecule has 1 saturated carbocycles. The molecule has 1 amide bonds. The lowest BCUT2D eigenvalue weighted by molar-refractivity contribution is -0.134. The van der Waals surface area contributed by atoms with Crippen molar-refractivity contribution in [3.63, 3.8) is 0 Å². The van der Waals surface area contributed by atoms with Crippen molar-refractivity contribution in [1.29, 1.82) is 0 Å². The van der Waals surface area contributed by atoms with E-state index >= 15 is 0 Å². The first-order valence-electron chi connectivity index (χ1n) is 9.79. The van der Waals surface area contributed by atoms with E-state index in [-0.39, 0.29) is 30.4 Å². The van der Waals surface area contributed by atoms with E-state index in [2.05, 4.69) is 5.10 Å². The lowest BCUT2D eigenvalue weighted by Gasteiger charge is -2.27. The largest absolute Gasteiger partial charge is 0.346 e. The summed E-state index contributed by atoms with van der Waals surface area (Å²) in [5.41, 5.74) is -0.255. The van der Waals surface area contributed by atoms with Gasteiger partial charge in [-0.2, -0.15) is 5.10 Å². The molecule has 4 rings (SSSR count). The molecule has 2 aliphatic heterocycles. The molecule has 1 aliphatic carbocycles. The Hall–Kier alpha value is -1.73. The van der Waals surface area contributed by atoms with Gasteiger partial charge in [0.2, 0.25) is 11.8 Å². The number of fused-ring (bicyclic) bond motifs is 1. The van der Waals surface area contributed by atoms with Gasteiger partial charge in [-0.05, 0) is 44.4 Å². The van der Waals surface area contributed by atoms with Crippen LogP contribution in [0, 0.1) is 5.92 Å². The van der Waals surface area contributed by atoms with Crippen molar-refractivity contribution in [1.82, 2.24) is 19.2 Å². The number of likely N-dealkylation sites (tertiary alicyclic amines) is 1. The second-order valence-corrected chi connectivity index (χ2v) is 7.99. The second kappa shape index (κ2) is 6.78. The Morgan fingerprint density at radius 3 is 2.50 bits per heavy atom. The molecule has 3 heterocycles. The first kappa shape index (κ1) is 17.7. The molecule has 1 saturated heterocycles. The maximum atomic E-state index is 13.3. The van der Waals surface area contributed by atoms with Crippen LogP contribution in [0.25, 0.3) is 0 Å². The predicted molar refractivity (Wildman–Crippen MR) is 91.2 cm³/mol. The van der Waals surface area contributed by atoms with Crippen molar-refractivity contribution in [2.24, 2.45) is 5.92 Å². The number of aryl methyl sites for hydroxylation is 1. The summed E-state index contributed by atoms with van der Waals surface area (Å²) in [6, 6.07) is -0.450. The van der Waals surface area contributed by atoms with Gasteiger partial charge in [0.1, 0.15) is 11.9 Å². The summed E-state index contributed by atoms with van der Waals surface area (Å²) in [6.07, 6.45) is 4.84. The molecule has 0 unspecified atom stereocenters. The van der Waals surface area contributed by atoms with Crippen LogP contribution in [-0.4, -0.2) is 44.2 Å². The first-order chi connectivity index (χ1) is 12.4. The SMILES string of the molecule is O=C([C@H]1CCCc2nn(CC3CCC(F)(F)CC3)c(=O)n21)N1CCCC1. The summed E-state index contributed by atoms with van der Waals surface area (Å²) in [5, 5.41) is 4.45. The number of amides is 1. The molecule has 144 valence electrons. The highest BCUT2D eigenvalue weighted by atomic mass is 19.3. The van der Waals surface area contributed by atoms with Crippen molar-refractivity contribution in [3.8, 4) is 0 Å². The van der Waals surface area contributed by atoms with Gasteiger partial charge in [0.25, 0.3) is 0 Å². The number of alkyl halides is 2. The molecule has 1 aromatic heterocycles. The summed E-state index contributed by atoms with van der Waals surface area (Å²) in [7, 11) is 0. The number of rotatable bonds is 3. The molecule has 8 heteroatoms. The zero-order chi connectivity index (χ0) is 18.3.